The van der Waals surface area contributed by atoms with E-state index in [0.29, 0.717) is 26.2 Å². The van der Waals surface area contributed by atoms with Gasteiger partial charge in [-0.1, -0.05) is 29.8 Å². The maximum Gasteiger partial charge on any atom is 0.312 e. The lowest BCUT2D eigenvalue weighted by molar-refractivity contribution is -0.157. The van der Waals surface area contributed by atoms with Crippen LogP contribution in [0.1, 0.15) is 18.1 Å². The molecule has 118 valence electrons. The van der Waals surface area contributed by atoms with Crippen LogP contribution < -0.4 is 5.32 Å². The molecule has 3 amide bonds. The number of rotatable bonds is 5. The van der Waals surface area contributed by atoms with Gasteiger partial charge < -0.3 is 15.1 Å². The molecule has 1 fully saturated rings. The van der Waals surface area contributed by atoms with Crippen molar-refractivity contribution in [1.82, 2.24) is 15.1 Å². The van der Waals surface area contributed by atoms with Gasteiger partial charge in [0.2, 0.25) is 5.91 Å². The minimum atomic E-state index is -0.607. The van der Waals surface area contributed by atoms with Crippen molar-refractivity contribution in [3.8, 4) is 0 Å². The summed E-state index contributed by atoms with van der Waals surface area (Å²) < 4.78 is 0. The average Bonchev–Trinajstić information content (AvgIpc) is 2.49. The van der Waals surface area contributed by atoms with E-state index in [2.05, 4.69) is 5.32 Å². The molecular formula is C16H21N3O3. The molecule has 6 nitrogen and oxygen atoms in total. The summed E-state index contributed by atoms with van der Waals surface area (Å²) in [7, 11) is 0. The standard InChI is InChI=1S/C16H21N3O3/c1-3-17-14(20)11-19-9-8-18(15(21)16(19)22)10-13-6-4-12(2)5-7-13/h4-7H,3,8-11H2,1-2H3,(H,17,20). The molecule has 1 heterocycles. The quantitative estimate of drug-likeness (QED) is 0.796. The first-order chi connectivity index (χ1) is 10.5. The Morgan fingerprint density at radius 3 is 2.32 bits per heavy atom. The first kappa shape index (κ1) is 16.0. The van der Waals surface area contributed by atoms with E-state index in [0.717, 1.165) is 11.1 Å². The van der Waals surface area contributed by atoms with Gasteiger partial charge in [-0.25, -0.2) is 0 Å². The zero-order valence-electron chi connectivity index (χ0n) is 13.0. The van der Waals surface area contributed by atoms with Gasteiger partial charge in [0.15, 0.2) is 0 Å². The van der Waals surface area contributed by atoms with Gasteiger partial charge in [0.25, 0.3) is 0 Å². The first-order valence-corrected chi connectivity index (χ1v) is 7.41. The molecule has 0 atom stereocenters. The van der Waals surface area contributed by atoms with Gasteiger partial charge in [0.05, 0.1) is 0 Å². The van der Waals surface area contributed by atoms with Crippen molar-refractivity contribution in [3.05, 3.63) is 35.4 Å². The molecule has 0 radical (unpaired) electrons. The summed E-state index contributed by atoms with van der Waals surface area (Å²) in [4.78, 5) is 38.6. The molecule has 22 heavy (non-hydrogen) atoms. The van der Waals surface area contributed by atoms with Crippen LogP contribution in [0.2, 0.25) is 0 Å². The molecule has 1 aliphatic rings. The van der Waals surface area contributed by atoms with Crippen LogP contribution in [0.25, 0.3) is 0 Å². The Morgan fingerprint density at radius 2 is 1.68 bits per heavy atom. The summed E-state index contributed by atoms with van der Waals surface area (Å²) in [6, 6.07) is 7.86. The van der Waals surface area contributed by atoms with E-state index in [1.165, 1.54) is 9.80 Å². The van der Waals surface area contributed by atoms with Crippen LogP contribution in [-0.4, -0.2) is 53.7 Å². The van der Waals surface area contributed by atoms with Gasteiger partial charge in [-0.05, 0) is 19.4 Å². The van der Waals surface area contributed by atoms with Gasteiger partial charge in [0.1, 0.15) is 6.54 Å². The first-order valence-electron chi connectivity index (χ1n) is 7.41. The molecule has 0 spiro atoms. The third-order valence-corrected chi connectivity index (χ3v) is 3.60. The van der Waals surface area contributed by atoms with Crippen LogP contribution in [0.3, 0.4) is 0 Å². The Balaban J connectivity index is 1.95. The molecule has 1 saturated heterocycles. The summed E-state index contributed by atoms with van der Waals surface area (Å²) in [5, 5.41) is 2.63. The van der Waals surface area contributed by atoms with Gasteiger partial charge in [-0.15, -0.1) is 0 Å². The van der Waals surface area contributed by atoms with Crippen molar-refractivity contribution < 1.29 is 14.4 Å². The van der Waals surface area contributed by atoms with E-state index in [1.54, 1.807) is 0 Å². The second kappa shape index (κ2) is 7.06. The number of hydrogen-bond acceptors (Lipinski definition) is 3. The largest absolute Gasteiger partial charge is 0.355 e. The number of piperazine rings is 1. The topological polar surface area (TPSA) is 69.7 Å². The third kappa shape index (κ3) is 3.84. The molecule has 1 aliphatic heterocycles. The lowest BCUT2D eigenvalue weighted by Gasteiger charge is -2.33. The molecule has 0 aromatic heterocycles. The van der Waals surface area contributed by atoms with E-state index in [9.17, 15) is 14.4 Å². The highest BCUT2D eigenvalue weighted by Gasteiger charge is 2.33. The van der Waals surface area contributed by atoms with Crippen molar-refractivity contribution >= 4 is 17.7 Å². The Labute approximate surface area is 130 Å². The highest BCUT2D eigenvalue weighted by atomic mass is 16.2. The van der Waals surface area contributed by atoms with Crippen LogP contribution >= 0.6 is 0 Å². The van der Waals surface area contributed by atoms with E-state index in [4.69, 9.17) is 0 Å². The maximum absolute atomic E-state index is 12.1. The molecular weight excluding hydrogens is 282 g/mol. The fraction of sp³-hybridized carbons (Fsp3) is 0.438. The second-order valence-electron chi connectivity index (χ2n) is 5.39. The fourth-order valence-corrected chi connectivity index (χ4v) is 2.36. The molecule has 0 saturated carbocycles. The molecule has 0 aliphatic carbocycles. The monoisotopic (exact) mass is 303 g/mol. The number of likely N-dealkylation sites (N-methyl/N-ethyl adjacent to an activating group) is 1. The number of nitrogens with one attached hydrogen (secondary N) is 1. The number of carbonyl (C=O) groups is 3. The summed E-state index contributed by atoms with van der Waals surface area (Å²) in [6.45, 7) is 5.50. The summed E-state index contributed by atoms with van der Waals surface area (Å²) >= 11 is 0. The maximum atomic E-state index is 12.1. The van der Waals surface area contributed by atoms with Crippen LogP contribution in [-0.2, 0) is 20.9 Å². The Bertz CT molecular complexity index is 569. The lowest BCUT2D eigenvalue weighted by Crippen LogP contribution is -2.55. The predicted octanol–water partition coefficient (Wildman–Crippen LogP) is 0.302. The molecule has 1 aromatic rings. The zero-order valence-corrected chi connectivity index (χ0v) is 13.0. The smallest absolute Gasteiger partial charge is 0.312 e. The third-order valence-electron chi connectivity index (χ3n) is 3.60. The lowest BCUT2D eigenvalue weighted by atomic mass is 10.1. The normalized spacial score (nSPS) is 15.2. The van der Waals surface area contributed by atoms with E-state index in [1.807, 2.05) is 38.1 Å². The average molecular weight is 303 g/mol. The number of hydrogen-bond donors (Lipinski definition) is 1. The number of carbonyl (C=O) groups excluding carboxylic acids is 3. The van der Waals surface area contributed by atoms with Crippen LogP contribution in [0.5, 0.6) is 0 Å². The molecule has 0 unspecified atom stereocenters. The van der Waals surface area contributed by atoms with Crippen LogP contribution in [0.4, 0.5) is 0 Å². The second-order valence-corrected chi connectivity index (χ2v) is 5.39. The van der Waals surface area contributed by atoms with Crippen molar-refractivity contribution in [2.75, 3.05) is 26.2 Å². The molecule has 6 heteroatoms. The van der Waals surface area contributed by atoms with E-state index in [-0.39, 0.29) is 12.5 Å². The van der Waals surface area contributed by atoms with Gasteiger partial charge in [-0.2, -0.15) is 0 Å². The predicted molar refractivity (Wildman–Crippen MR) is 81.9 cm³/mol. The Morgan fingerprint density at radius 1 is 1.09 bits per heavy atom. The summed E-state index contributed by atoms with van der Waals surface area (Å²) in [5.74, 6) is -1.39. The fourth-order valence-electron chi connectivity index (χ4n) is 2.36. The van der Waals surface area contributed by atoms with Crippen molar-refractivity contribution in [2.24, 2.45) is 0 Å². The summed E-state index contributed by atoms with van der Waals surface area (Å²) in [6.07, 6.45) is 0. The highest BCUT2D eigenvalue weighted by Crippen LogP contribution is 2.11. The molecule has 1 N–H and O–H groups in total. The van der Waals surface area contributed by atoms with Gasteiger partial charge in [-0.3, -0.25) is 14.4 Å². The minimum Gasteiger partial charge on any atom is -0.355 e. The minimum absolute atomic E-state index is 0.0587. The van der Waals surface area contributed by atoms with Crippen molar-refractivity contribution in [1.29, 1.82) is 0 Å². The molecule has 1 aromatic carbocycles. The number of benzene rings is 1. The van der Waals surface area contributed by atoms with Crippen molar-refractivity contribution in [2.45, 2.75) is 20.4 Å². The highest BCUT2D eigenvalue weighted by molar-refractivity contribution is 6.35. The van der Waals surface area contributed by atoms with Crippen LogP contribution in [0, 0.1) is 6.92 Å². The molecule has 2 rings (SSSR count). The number of aryl methyl sites for hydroxylation is 1. The van der Waals surface area contributed by atoms with E-state index >= 15 is 0 Å². The summed E-state index contributed by atoms with van der Waals surface area (Å²) in [5.41, 5.74) is 2.14. The number of nitrogens with zero attached hydrogens (tertiary/aromatic N) is 2. The van der Waals surface area contributed by atoms with Gasteiger partial charge in [0, 0.05) is 26.2 Å². The van der Waals surface area contributed by atoms with E-state index < -0.39 is 11.8 Å². The Kier molecular flexibility index (Phi) is 5.14. The van der Waals surface area contributed by atoms with Crippen molar-refractivity contribution in [3.63, 3.8) is 0 Å². The Hall–Kier alpha value is -2.37. The van der Waals surface area contributed by atoms with Crippen LogP contribution in [0.15, 0.2) is 24.3 Å². The van der Waals surface area contributed by atoms with Gasteiger partial charge >= 0.3 is 11.8 Å². The SMILES string of the molecule is CCNC(=O)CN1CCN(Cc2ccc(C)cc2)C(=O)C1=O. The molecule has 0 bridgehead atoms. The number of amides is 3. The zero-order chi connectivity index (χ0) is 16.1.